The molecule has 23 heavy (non-hydrogen) atoms. The summed E-state index contributed by atoms with van der Waals surface area (Å²) < 4.78 is 4.79. The first-order chi connectivity index (χ1) is 11.1. The van der Waals surface area contributed by atoms with E-state index in [2.05, 4.69) is 10.3 Å². The Bertz CT molecular complexity index is 896. The van der Waals surface area contributed by atoms with Gasteiger partial charge in [0.15, 0.2) is 0 Å². The number of ether oxygens (including phenoxy) is 1. The fourth-order valence-electron chi connectivity index (χ4n) is 2.50. The molecule has 3 rings (SSSR count). The molecule has 3 aromatic rings. The zero-order valence-corrected chi connectivity index (χ0v) is 12.8. The third-order valence-electron chi connectivity index (χ3n) is 3.61. The second-order valence-electron chi connectivity index (χ2n) is 5.24. The van der Waals surface area contributed by atoms with Gasteiger partial charge in [-0.05, 0) is 25.1 Å². The molecule has 0 saturated heterocycles. The van der Waals surface area contributed by atoms with E-state index in [4.69, 9.17) is 4.74 Å². The van der Waals surface area contributed by atoms with Crippen molar-refractivity contribution in [2.24, 2.45) is 0 Å². The molecule has 5 heteroatoms. The van der Waals surface area contributed by atoms with Gasteiger partial charge in [0.1, 0.15) is 5.69 Å². The minimum Gasteiger partial charge on any atom is -0.464 e. The second kappa shape index (κ2) is 5.96. The standard InChI is InChI=1S/C18H16N2O3/c1-11-6-5-7-12(10-11)17(21)20-15-13-8-3-4-9-14(13)19-16(15)18(22)23-2/h3-10,19H,1-2H3,(H,20,21). The second-order valence-corrected chi connectivity index (χ2v) is 5.24. The highest BCUT2D eigenvalue weighted by Gasteiger charge is 2.20. The zero-order valence-electron chi connectivity index (χ0n) is 12.8. The van der Waals surface area contributed by atoms with Gasteiger partial charge >= 0.3 is 5.97 Å². The third-order valence-corrected chi connectivity index (χ3v) is 3.61. The van der Waals surface area contributed by atoms with E-state index >= 15 is 0 Å². The van der Waals surface area contributed by atoms with Crippen LogP contribution in [0.4, 0.5) is 5.69 Å². The van der Waals surface area contributed by atoms with Gasteiger partial charge in [0, 0.05) is 16.5 Å². The molecule has 1 heterocycles. The number of carbonyl (C=O) groups excluding carboxylic acids is 2. The van der Waals surface area contributed by atoms with E-state index in [0.29, 0.717) is 11.3 Å². The van der Waals surface area contributed by atoms with Crippen LogP contribution in [0, 0.1) is 6.92 Å². The van der Waals surface area contributed by atoms with E-state index in [1.165, 1.54) is 7.11 Å². The lowest BCUT2D eigenvalue weighted by Gasteiger charge is -2.07. The van der Waals surface area contributed by atoms with E-state index in [0.717, 1.165) is 16.5 Å². The van der Waals surface area contributed by atoms with Crippen LogP contribution in [0.5, 0.6) is 0 Å². The molecule has 0 aliphatic carbocycles. The summed E-state index contributed by atoms with van der Waals surface area (Å²) in [6.07, 6.45) is 0. The largest absolute Gasteiger partial charge is 0.464 e. The van der Waals surface area contributed by atoms with Gasteiger partial charge in [-0.1, -0.05) is 35.9 Å². The van der Waals surface area contributed by atoms with E-state index in [-0.39, 0.29) is 11.6 Å². The van der Waals surface area contributed by atoms with Crippen LogP contribution in [0.3, 0.4) is 0 Å². The van der Waals surface area contributed by atoms with Gasteiger partial charge in [0.2, 0.25) is 0 Å². The van der Waals surface area contributed by atoms with Crippen LogP contribution in [0.25, 0.3) is 10.9 Å². The fourth-order valence-corrected chi connectivity index (χ4v) is 2.50. The number of H-pyrrole nitrogens is 1. The monoisotopic (exact) mass is 308 g/mol. The minimum atomic E-state index is -0.527. The molecule has 0 unspecified atom stereocenters. The average molecular weight is 308 g/mol. The van der Waals surface area contributed by atoms with Gasteiger partial charge < -0.3 is 15.0 Å². The van der Waals surface area contributed by atoms with Crippen molar-refractivity contribution in [1.82, 2.24) is 4.98 Å². The van der Waals surface area contributed by atoms with Crippen LogP contribution < -0.4 is 5.32 Å². The molecule has 1 amide bonds. The lowest BCUT2D eigenvalue weighted by molar-refractivity contribution is 0.0596. The van der Waals surface area contributed by atoms with Crippen molar-refractivity contribution in [3.8, 4) is 0 Å². The Hall–Kier alpha value is -3.08. The quantitative estimate of drug-likeness (QED) is 0.727. The van der Waals surface area contributed by atoms with Crippen molar-refractivity contribution in [2.45, 2.75) is 6.92 Å². The molecule has 2 N–H and O–H groups in total. The predicted molar refractivity (Wildman–Crippen MR) is 88.8 cm³/mol. The van der Waals surface area contributed by atoms with Crippen molar-refractivity contribution in [3.05, 3.63) is 65.4 Å². The summed E-state index contributed by atoms with van der Waals surface area (Å²) in [7, 11) is 1.31. The summed E-state index contributed by atoms with van der Waals surface area (Å²) in [5.74, 6) is -0.802. The number of nitrogens with one attached hydrogen (secondary N) is 2. The molecule has 2 aromatic carbocycles. The van der Waals surface area contributed by atoms with E-state index in [1.807, 2.05) is 43.3 Å². The first-order valence-corrected chi connectivity index (χ1v) is 7.17. The number of rotatable bonds is 3. The molecule has 1 aromatic heterocycles. The minimum absolute atomic E-state index is 0.231. The number of aromatic amines is 1. The Labute approximate surface area is 133 Å². The molecular weight excluding hydrogens is 292 g/mol. The number of para-hydroxylation sites is 1. The number of aromatic nitrogens is 1. The number of hydrogen-bond donors (Lipinski definition) is 2. The SMILES string of the molecule is COC(=O)c1[nH]c2ccccc2c1NC(=O)c1cccc(C)c1. The number of fused-ring (bicyclic) bond motifs is 1. The van der Waals surface area contributed by atoms with E-state index in [9.17, 15) is 9.59 Å². The zero-order chi connectivity index (χ0) is 16.4. The van der Waals surface area contributed by atoms with Gasteiger partial charge in [-0.2, -0.15) is 0 Å². The number of methoxy groups -OCH3 is 1. The smallest absolute Gasteiger partial charge is 0.356 e. The molecule has 0 saturated carbocycles. The van der Waals surface area contributed by atoms with Crippen molar-refractivity contribution < 1.29 is 14.3 Å². The van der Waals surface area contributed by atoms with Crippen LogP contribution in [0.15, 0.2) is 48.5 Å². The first-order valence-electron chi connectivity index (χ1n) is 7.17. The highest BCUT2D eigenvalue weighted by atomic mass is 16.5. The Balaban J connectivity index is 2.04. The van der Waals surface area contributed by atoms with Crippen molar-refractivity contribution in [2.75, 3.05) is 12.4 Å². The first kappa shape index (κ1) is 14.8. The molecule has 0 radical (unpaired) electrons. The molecule has 0 aliphatic rings. The molecule has 116 valence electrons. The average Bonchev–Trinajstić information content (AvgIpc) is 2.93. The van der Waals surface area contributed by atoms with Crippen LogP contribution in [0.2, 0.25) is 0 Å². The number of amides is 1. The summed E-state index contributed by atoms with van der Waals surface area (Å²) in [6, 6.07) is 14.6. The van der Waals surface area contributed by atoms with Crippen LogP contribution >= 0.6 is 0 Å². The molecule has 0 fully saturated rings. The summed E-state index contributed by atoms with van der Waals surface area (Å²) in [5, 5.41) is 3.58. The Morgan fingerprint density at radius 1 is 1.09 bits per heavy atom. The third kappa shape index (κ3) is 2.81. The number of aryl methyl sites for hydroxylation is 1. The number of anilines is 1. The number of esters is 1. The van der Waals surface area contributed by atoms with Gasteiger partial charge in [0.05, 0.1) is 12.8 Å². The Morgan fingerprint density at radius 3 is 2.61 bits per heavy atom. The number of carbonyl (C=O) groups is 2. The molecular formula is C18H16N2O3. The maximum atomic E-state index is 12.5. The number of hydrogen-bond acceptors (Lipinski definition) is 3. The Kier molecular flexibility index (Phi) is 3.85. The maximum Gasteiger partial charge on any atom is 0.356 e. The van der Waals surface area contributed by atoms with Crippen molar-refractivity contribution in [1.29, 1.82) is 0 Å². The molecule has 0 spiro atoms. The molecule has 5 nitrogen and oxygen atoms in total. The summed E-state index contributed by atoms with van der Waals surface area (Å²) in [5.41, 5.74) is 2.94. The maximum absolute atomic E-state index is 12.5. The lowest BCUT2D eigenvalue weighted by atomic mass is 10.1. The normalized spacial score (nSPS) is 10.5. The molecule has 0 bridgehead atoms. The van der Waals surface area contributed by atoms with Gasteiger partial charge in [-0.15, -0.1) is 0 Å². The lowest BCUT2D eigenvalue weighted by Crippen LogP contribution is -2.15. The van der Waals surface area contributed by atoms with Crippen LogP contribution in [-0.4, -0.2) is 24.0 Å². The summed E-state index contributed by atoms with van der Waals surface area (Å²) in [4.78, 5) is 27.5. The predicted octanol–water partition coefficient (Wildman–Crippen LogP) is 3.52. The van der Waals surface area contributed by atoms with Gasteiger partial charge in [-0.3, -0.25) is 4.79 Å². The highest BCUT2D eigenvalue weighted by Crippen LogP contribution is 2.28. The Morgan fingerprint density at radius 2 is 1.87 bits per heavy atom. The fraction of sp³-hybridized carbons (Fsp3) is 0.111. The highest BCUT2D eigenvalue weighted by molar-refractivity contribution is 6.14. The molecule has 0 atom stereocenters. The van der Waals surface area contributed by atoms with Gasteiger partial charge in [-0.25, -0.2) is 4.79 Å². The van der Waals surface area contributed by atoms with Gasteiger partial charge in [0.25, 0.3) is 5.91 Å². The van der Waals surface area contributed by atoms with E-state index < -0.39 is 5.97 Å². The van der Waals surface area contributed by atoms with Crippen molar-refractivity contribution >= 4 is 28.5 Å². The van der Waals surface area contributed by atoms with Crippen LogP contribution in [0.1, 0.15) is 26.4 Å². The summed E-state index contributed by atoms with van der Waals surface area (Å²) in [6.45, 7) is 1.92. The summed E-state index contributed by atoms with van der Waals surface area (Å²) >= 11 is 0. The van der Waals surface area contributed by atoms with Crippen LogP contribution in [-0.2, 0) is 4.74 Å². The van der Waals surface area contributed by atoms with Crippen molar-refractivity contribution in [3.63, 3.8) is 0 Å². The number of benzene rings is 2. The van der Waals surface area contributed by atoms with E-state index in [1.54, 1.807) is 12.1 Å². The topological polar surface area (TPSA) is 71.2 Å². The molecule has 0 aliphatic heterocycles.